The van der Waals surface area contributed by atoms with Gasteiger partial charge in [0.2, 0.25) is 0 Å². The highest BCUT2D eigenvalue weighted by Crippen LogP contribution is 2.19. The quantitative estimate of drug-likeness (QED) is 0.478. The maximum absolute atomic E-state index is 12.9. The van der Waals surface area contributed by atoms with Crippen LogP contribution in [0.5, 0.6) is 0 Å². The first-order valence-electron chi connectivity index (χ1n) is 12.4. The van der Waals surface area contributed by atoms with Gasteiger partial charge >= 0.3 is 5.69 Å². The molecule has 1 unspecified atom stereocenters. The number of aryl methyl sites for hydroxylation is 1. The van der Waals surface area contributed by atoms with Crippen LogP contribution in [-0.4, -0.2) is 46.0 Å². The normalized spacial score (nSPS) is 16.6. The Morgan fingerprint density at radius 3 is 2.71 bits per heavy atom. The molecule has 1 aliphatic heterocycles. The van der Waals surface area contributed by atoms with Crippen LogP contribution in [0.2, 0.25) is 0 Å². The van der Waals surface area contributed by atoms with Crippen molar-refractivity contribution in [3.05, 3.63) is 80.5 Å². The van der Waals surface area contributed by atoms with Gasteiger partial charge in [0.25, 0.3) is 11.5 Å². The largest absolute Gasteiger partial charge is 0.352 e. The Morgan fingerprint density at radius 1 is 1.09 bits per heavy atom. The summed E-state index contributed by atoms with van der Waals surface area (Å²) in [6, 6.07) is 15.3. The average molecular weight is 463 g/mol. The van der Waals surface area contributed by atoms with E-state index in [0.29, 0.717) is 42.0 Å². The lowest BCUT2D eigenvalue weighted by atomic mass is 10.00. The van der Waals surface area contributed by atoms with E-state index < -0.39 is 5.69 Å². The lowest BCUT2D eigenvalue weighted by Gasteiger charge is -2.35. The molecule has 3 aromatic rings. The highest BCUT2D eigenvalue weighted by atomic mass is 16.2. The molecule has 2 heterocycles. The minimum Gasteiger partial charge on any atom is -0.352 e. The van der Waals surface area contributed by atoms with Gasteiger partial charge in [-0.05, 0) is 62.4 Å². The predicted molar refractivity (Wildman–Crippen MR) is 135 cm³/mol. The topological polar surface area (TPSA) is 87.2 Å². The van der Waals surface area contributed by atoms with Crippen LogP contribution in [0.1, 0.15) is 54.9 Å². The van der Waals surface area contributed by atoms with Crippen LogP contribution in [0.4, 0.5) is 0 Å². The highest BCUT2D eigenvalue weighted by Gasteiger charge is 2.20. The number of carbonyl (C=O) groups excluding carboxylic acids is 1. The van der Waals surface area contributed by atoms with Gasteiger partial charge in [-0.3, -0.25) is 14.2 Å². The number of aromatic amines is 1. The molecular formula is C27H34N4O3. The van der Waals surface area contributed by atoms with Crippen molar-refractivity contribution in [2.45, 2.75) is 58.0 Å². The van der Waals surface area contributed by atoms with Gasteiger partial charge in [-0.15, -0.1) is 0 Å². The highest BCUT2D eigenvalue weighted by molar-refractivity contribution is 5.97. The lowest BCUT2D eigenvalue weighted by Crippen LogP contribution is -2.40. The van der Waals surface area contributed by atoms with Gasteiger partial charge in [-0.25, -0.2) is 4.79 Å². The molecule has 7 nitrogen and oxygen atoms in total. The van der Waals surface area contributed by atoms with E-state index in [-0.39, 0.29) is 11.5 Å². The van der Waals surface area contributed by atoms with Gasteiger partial charge in [-0.1, -0.05) is 43.7 Å². The van der Waals surface area contributed by atoms with E-state index in [1.165, 1.54) is 30.3 Å². The number of piperidine rings is 1. The van der Waals surface area contributed by atoms with Gasteiger partial charge in [-0.2, -0.15) is 0 Å². The Balaban J connectivity index is 1.38. The van der Waals surface area contributed by atoms with Crippen LogP contribution in [0.3, 0.4) is 0 Å². The second kappa shape index (κ2) is 11.3. The van der Waals surface area contributed by atoms with Gasteiger partial charge in [0, 0.05) is 31.2 Å². The van der Waals surface area contributed by atoms with E-state index in [0.717, 1.165) is 25.1 Å². The summed E-state index contributed by atoms with van der Waals surface area (Å²) in [5.41, 5.74) is 1.09. The molecule has 34 heavy (non-hydrogen) atoms. The first kappa shape index (κ1) is 24.0. The molecule has 7 heteroatoms. The van der Waals surface area contributed by atoms with Crippen molar-refractivity contribution in [3.8, 4) is 0 Å². The van der Waals surface area contributed by atoms with Crippen molar-refractivity contribution in [3.63, 3.8) is 0 Å². The van der Waals surface area contributed by atoms with Crippen LogP contribution in [0.25, 0.3) is 10.9 Å². The Hall–Kier alpha value is -3.19. The number of carbonyl (C=O) groups is 1. The number of rotatable bonds is 9. The number of H-pyrrole nitrogens is 1. The average Bonchev–Trinajstić information content (AvgIpc) is 2.86. The van der Waals surface area contributed by atoms with Crippen molar-refractivity contribution in [2.24, 2.45) is 0 Å². The zero-order chi connectivity index (χ0) is 23.9. The predicted octanol–water partition coefficient (Wildman–Crippen LogP) is 3.32. The summed E-state index contributed by atoms with van der Waals surface area (Å²) in [6.07, 6.45) is 6.51. The summed E-state index contributed by atoms with van der Waals surface area (Å²) >= 11 is 0. The fourth-order valence-corrected chi connectivity index (χ4v) is 4.89. The van der Waals surface area contributed by atoms with Crippen molar-refractivity contribution in [1.82, 2.24) is 19.8 Å². The molecule has 180 valence electrons. The second-order valence-electron chi connectivity index (χ2n) is 9.09. The van der Waals surface area contributed by atoms with Crippen molar-refractivity contribution in [2.75, 3.05) is 19.6 Å². The molecule has 1 atom stereocenters. The van der Waals surface area contributed by atoms with E-state index in [1.54, 1.807) is 18.2 Å². The van der Waals surface area contributed by atoms with E-state index in [9.17, 15) is 14.4 Å². The summed E-state index contributed by atoms with van der Waals surface area (Å²) in [7, 11) is 0. The minimum atomic E-state index is -0.460. The number of aromatic nitrogens is 2. The Bertz CT molecular complexity index is 1230. The molecular weight excluding hydrogens is 428 g/mol. The van der Waals surface area contributed by atoms with Gasteiger partial charge < -0.3 is 15.2 Å². The zero-order valence-electron chi connectivity index (χ0n) is 19.9. The number of hydrogen-bond donors (Lipinski definition) is 2. The maximum atomic E-state index is 12.9. The number of hydrogen-bond acceptors (Lipinski definition) is 4. The molecule has 1 amide bonds. The van der Waals surface area contributed by atoms with E-state index in [4.69, 9.17) is 0 Å². The third kappa shape index (κ3) is 5.65. The molecule has 0 bridgehead atoms. The summed E-state index contributed by atoms with van der Waals surface area (Å²) in [5.74, 6) is -0.193. The fraction of sp³-hybridized carbons (Fsp3) is 0.444. The number of nitrogens with zero attached hydrogens (tertiary/aromatic N) is 2. The molecule has 1 aromatic heterocycles. The van der Waals surface area contributed by atoms with Crippen molar-refractivity contribution < 1.29 is 4.79 Å². The van der Waals surface area contributed by atoms with Crippen LogP contribution in [-0.2, 0) is 13.0 Å². The third-order valence-corrected chi connectivity index (χ3v) is 6.84. The molecule has 2 aromatic carbocycles. The van der Waals surface area contributed by atoms with Gasteiger partial charge in [0.1, 0.15) is 0 Å². The minimum absolute atomic E-state index is 0.193. The standard InChI is InChI=1S/C27H34N4O3/c1-2-22-11-6-7-16-30(22)17-8-15-28-25(32)21-12-13-23-24(19-21)29-27(34)31(26(23)33)18-14-20-9-4-3-5-10-20/h3-5,9-10,12-13,19,22H,2,6-8,11,14-18H2,1H3,(H,28,32)(H,29,34). The molecule has 0 radical (unpaired) electrons. The Labute approximate surface area is 199 Å². The summed E-state index contributed by atoms with van der Waals surface area (Å²) < 4.78 is 1.22. The van der Waals surface area contributed by atoms with E-state index in [1.807, 2.05) is 30.3 Å². The molecule has 0 saturated carbocycles. The van der Waals surface area contributed by atoms with Crippen molar-refractivity contribution >= 4 is 16.8 Å². The molecule has 1 saturated heterocycles. The van der Waals surface area contributed by atoms with Gasteiger partial charge in [0.15, 0.2) is 0 Å². The van der Waals surface area contributed by atoms with Crippen molar-refractivity contribution in [1.29, 1.82) is 0 Å². The molecule has 0 aliphatic carbocycles. The number of likely N-dealkylation sites (tertiary alicyclic amines) is 1. The first-order valence-corrected chi connectivity index (χ1v) is 12.4. The van der Waals surface area contributed by atoms with Crippen LogP contribution < -0.4 is 16.6 Å². The molecule has 0 spiro atoms. The molecule has 1 fully saturated rings. The smallest absolute Gasteiger partial charge is 0.328 e. The first-order chi connectivity index (χ1) is 16.6. The Morgan fingerprint density at radius 2 is 1.91 bits per heavy atom. The summed E-state index contributed by atoms with van der Waals surface area (Å²) in [6.45, 7) is 5.28. The van der Waals surface area contributed by atoms with Gasteiger partial charge in [0.05, 0.1) is 10.9 Å². The zero-order valence-corrected chi connectivity index (χ0v) is 19.9. The molecule has 4 rings (SSSR count). The number of nitrogens with one attached hydrogen (secondary N) is 2. The number of amides is 1. The van der Waals surface area contributed by atoms with Crippen LogP contribution in [0, 0.1) is 0 Å². The second-order valence-corrected chi connectivity index (χ2v) is 9.09. The summed E-state index contributed by atoms with van der Waals surface area (Å²) in [5, 5.41) is 3.38. The van der Waals surface area contributed by atoms with E-state index >= 15 is 0 Å². The fourth-order valence-electron chi connectivity index (χ4n) is 4.89. The van der Waals surface area contributed by atoms with Crippen LogP contribution >= 0.6 is 0 Å². The monoisotopic (exact) mass is 462 g/mol. The number of fused-ring (bicyclic) bond motifs is 1. The Kier molecular flexibility index (Phi) is 7.95. The van der Waals surface area contributed by atoms with E-state index in [2.05, 4.69) is 22.1 Å². The molecule has 1 aliphatic rings. The van der Waals surface area contributed by atoms with Crippen LogP contribution in [0.15, 0.2) is 58.1 Å². The summed E-state index contributed by atoms with van der Waals surface area (Å²) in [4.78, 5) is 43.4. The maximum Gasteiger partial charge on any atom is 0.328 e. The third-order valence-electron chi connectivity index (χ3n) is 6.84. The SMILES string of the molecule is CCC1CCCCN1CCCNC(=O)c1ccc2c(=O)n(CCc3ccccc3)c(=O)[nH]c2c1. The number of benzene rings is 2. The lowest BCUT2D eigenvalue weighted by molar-refractivity contribution is 0.0947. The molecule has 2 N–H and O–H groups in total.